The number of rotatable bonds is 8. The van der Waals surface area contributed by atoms with Crippen LogP contribution in [-0.4, -0.2) is 65.4 Å². The summed E-state index contributed by atoms with van der Waals surface area (Å²) in [4.78, 5) is 42.7. The number of Topliss-reactive ketones (excluding diaryl/α,β-unsaturated/α-hetero) is 4. The minimum Gasteiger partial charge on any atom is -0.299 e. The van der Waals surface area contributed by atoms with Gasteiger partial charge in [0.25, 0.3) is 0 Å². The van der Waals surface area contributed by atoms with Gasteiger partial charge in [-0.2, -0.15) is 74.6 Å². The first-order valence-electron chi connectivity index (χ1n) is 8.94. The van der Waals surface area contributed by atoms with E-state index in [9.17, 15) is 93.8 Å². The topological polar surface area (TPSA) is 68.3 Å². The second-order valence-corrected chi connectivity index (χ2v) is 8.09. The summed E-state index contributed by atoms with van der Waals surface area (Å²) in [5, 5.41) is 0. The highest BCUT2D eigenvalue weighted by atomic mass is 19.4. The third-order valence-corrected chi connectivity index (χ3v) is 3.99. The van der Waals surface area contributed by atoms with E-state index in [0.29, 0.717) is 0 Å². The van der Waals surface area contributed by atoms with Gasteiger partial charge in [-0.15, -0.1) is 0 Å². The SMILES string of the molecule is CC(C)(C)C(=O)CC(=O)C(F)(F)C(F)(F)C(F)(F)F.O=C(CC(=O)C(F)(F)C(F)(F)F)C(F)(F)C(F)(F)F. The van der Waals surface area contributed by atoms with E-state index in [1.807, 2.05) is 0 Å². The van der Waals surface area contributed by atoms with Crippen molar-refractivity contribution in [1.29, 1.82) is 0 Å². The summed E-state index contributed by atoms with van der Waals surface area (Å²) in [6.45, 7) is 3.63. The van der Waals surface area contributed by atoms with Crippen LogP contribution in [0.5, 0.6) is 0 Å². The van der Waals surface area contributed by atoms with Gasteiger partial charge in [-0.3, -0.25) is 19.2 Å². The zero-order chi connectivity index (χ0) is 31.7. The van der Waals surface area contributed by atoms with Gasteiger partial charge in [-0.05, 0) is 0 Å². The van der Waals surface area contributed by atoms with Gasteiger partial charge in [-0.25, -0.2) is 0 Å². The van der Waals surface area contributed by atoms with E-state index in [2.05, 4.69) is 0 Å². The van der Waals surface area contributed by atoms with Crippen molar-refractivity contribution in [3.63, 3.8) is 0 Å². The zero-order valence-corrected chi connectivity index (χ0v) is 18.5. The molecule has 0 heterocycles. The van der Waals surface area contributed by atoms with E-state index in [1.165, 1.54) is 20.8 Å². The molecule has 0 amide bonds. The van der Waals surface area contributed by atoms with Gasteiger partial charge in [0.2, 0.25) is 17.3 Å². The third kappa shape index (κ3) is 8.24. The van der Waals surface area contributed by atoms with Gasteiger partial charge in [0.15, 0.2) is 0 Å². The number of hydrogen-bond acceptors (Lipinski definition) is 4. The quantitative estimate of drug-likeness (QED) is 0.241. The number of halogens is 17. The lowest BCUT2D eigenvalue weighted by atomic mass is 9.86. The molecular weight excluding hydrogens is 591 g/mol. The Hall–Kier alpha value is -2.51. The van der Waals surface area contributed by atoms with Crippen LogP contribution in [0.4, 0.5) is 74.6 Å². The predicted octanol–water partition coefficient (Wildman–Crippen LogP) is 6.30. The Labute approximate surface area is 199 Å². The third-order valence-electron chi connectivity index (χ3n) is 3.99. The zero-order valence-electron chi connectivity index (χ0n) is 18.5. The maximum absolute atomic E-state index is 12.9. The number of carbonyl (C=O) groups excluding carboxylic acids is 4. The molecule has 0 aliphatic heterocycles. The molecule has 0 aliphatic rings. The highest BCUT2D eigenvalue weighted by Gasteiger charge is 2.76. The summed E-state index contributed by atoms with van der Waals surface area (Å²) in [6.07, 6.45) is -24.2. The molecule has 0 aromatic rings. The molecule has 0 bridgehead atoms. The summed E-state index contributed by atoms with van der Waals surface area (Å²) in [7, 11) is 0. The molecule has 0 radical (unpaired) electrons. The summed E-state index contributed by atoms with van der Waals surface area (Å²) >= 11 is 0. The van der Waals surface area contributed by atoms with Gasteiger partial charge in [0, 0.05) is 5.41 Å². The van der Waals surface area contributed by atoms with Crippen LogP contribution in [0, 0.1) is 5.41 Å². The molecule has 21 heteroatoms. The Bertz CT molecular complexity index is 865. The second-order valence-electron chi connectivity index (χ2n) is 8.09. The number of ketones is 4. The average molecular weight is 604 g/mol. The standard InChI is InChI=1S/C10H11F7O2.C7H2F10O2/c1-7(2,3)5(18)4-6(19)8(11,12)9(13,14)10(15,16)17;8-4(9,6(12,13)14)2(18)1-3(19)5(10,11)7(15,16)17/h4H2,1-3H3;1H2. The first-order valence-corrected chi connectivity index (χ1v) is 8.94. The Morgan fingerprint density at radius 2 is 0.632 bits per heavy atom. The molecule has 0 aromatic heterocycles. The highest BCUT2D eigenvalue weighted by molar-refractivity contribution is 6.06. The summed E-state index contributed by atoms with van der Waals surface area (Å²) < 4.78 is 204. The van der Waals surface area contributed by atoms with Crippen molar-refractivity contribution in [2.24, 2.45) is 5.41 Å². The molecule has 0 N–H and O–H groups in total. The van der Waals surface area contributed by atoms with Gasteiger partial charge < -0.3 is 0 Å². The Morgan fingerprint density at radius 1 is 0.395 bits per heavy atom. The summed E-state index contributed by atoms with van der Waals surface area (Å²) in [5.74, 6) is -35.6. The number of hydrogen-bond donors (Lipinski definition) is 0. The van der Waals surface area contributed by atoms with Crippen molar-refractivity contribution < 1.29 is 93.8 Å². The maximum Gasteiger partial charge on any atom is 0.461 e. The van der Waals surface area contributed by atoms with Crippen molar-refractivity contribution in [3.8, 4) is 0 Å². The van der Waals surface area contributed by atoms with Gasteiger partial charge in [-0.1, -0.05) is 20.8 Å². The van der Waals surface area contributed by atoms with Crippen LogP contribution in [0.2, 0.25) is 0 Å². The minimum atomic E-state index is -6.59. The van der Waals surface area contributed by atoms with Crippen molar-refractivity contribution in [1.82, 2.24) is 0 Å². The average Bonchev–Trinajstić information content (AvgIpc) is 2.64. The van der Waals surface area contributed by atoms with Crippen LogP contribution in [0.3, 0.4) is 0 Å². The van der Waals surface area contributed by atoms with Crippen LogP contribution in [0.15, 0.2) is 0 Å². The smallest absolute Gasteiger partial charge is 0.299 e. The van der Waals surface area contributed by atoms with Crippen LogP contribution in [-0.2, 0) is 19.2 Å². The highest BCUT2D eigenvalue weighted by Crippen LogP contribution is 2.47. The Balaban J connectivity index is 0. The fraction of sp³-hybridized carbons (Fsp3) is 0.765. The first kappa shape index (κ1) is 37.6. The van der Waals surface area contributed by atoms with E-state index < -0.39 is 83.6 Å². The Kier molecular flexibility index (Phi) is 10.8. The van der Waals surface area contributed by atoms with Crippen LogP contribution >= 0.6 is 0 Å². The molecule has 0 saturated carbocycles. The van der Waals surface area contributed by atoms with E-state index in [4.69, 9.17) is 0 Å². The molecule has 224 valence electrons. The van der Waals surface area contributed by atoms with Gasteiger partial charge >= 0.3 is 42.2 Å². The van der Waals surface area contributed by atoms with E-state index in [0.717, 1.165) is 0 Å². The molecule has 0 fully saturated rings. The van der Waals surface area contributed by atoms with E-state index in [-0.39, 0.29) is 0 Å². The fourth-order valence-corrected chi connectivity index (χ4v) is 1.56. The minimum absolute atomic E-state index is 1.16. The van der Waals surface area contributed by atoms with E-state index in [1.54, 1.807) is 0 Å². The molecule has 38 heavy (non-hydrogen) atoms. The van der Waals surface area contributed by atoms with Crippen molar-refractivity contribution in [2.45, 2.75) is 75.8 Å². The van der Waals surface area contributed by atoms with Crippen LogP contribution < -0.4 is 0 Å². The summed E-state index contributed by atoms with van der Waals surface area (Å²) in [5.41, 5.74) is -1.31. The van der Waals surface area contributed by atoms with Crippen molar-refractivity contribution >= 4 is 23.1 Å². The molecule has 0 atom stereocenters. The summed E-state index contributed by atoms with van der Waals surface area (Å²) in [6, 6.07) is 0. The van der Waals surface area contributed by atoms with Crippen molar-refractivity contribution in [2.75, 3.05) is 0 Å². The lowest BCUT2D eigenvalue weighted by Gasteiger charge is -2.27. The maximum atomic E-state index is 12.9. The van der Waals surface area contributed by atoms with Gasteiger partial charge in [0.05, 0.1) is 12.8 Å². The van der Waals surface area contributed by atoms with Crippen LogP contribution in [0.1, 0.15) is 33.6 Å². The Morgan fingerprint density at radius 3 is 0.842 bits per heavy atom. The molecule has 4 nitrogen and oxygen atoms in total. The lowest BCUT2D eigenvalue weighted by molar-refractivity contribution is -0.343. The largest absolute Gasteiger partial charge is 0.461 e. The lowest BCUT2D eigenvalue weighted by Crippen LogP contribution is -2.56. The molecular formula is C17H13F17O4. The normalized spacial score (nSPS) is 14.4. The monoisotopic (exact) mass is 604 g/mol. The molecule has 0 spiro atoms. The fourth-order valence-electron chi connectivity index (χ4n) is 1.56. The molecule has 0 unspecified atom stereocenters. The van der Waals surface area contributed by atoms with Gasteiger partial charge in [0.1, 0.15) is 5.78 Å². The second kappa shape index (κ2) is 10.9. The number of alkyl halides is 17. The molecule has 0 aromatic carbocycles. The first-order chi connectivity index (χ1) is 16.1. The molecule has 0 saturated heterocycles. The number of carbonyl (C=O) groups is 4. The molecule has 0 rings (SSSR count). The van der Waals surface area contributed by atoms with Crippen LogP contribution in [0.25, 0.3) is 0 Å². The molecule has 0 aliphatic carbocycles. The van der Waals surface area contributed by atoms with Crippen molar-refractivity contribution in [3.05, 3.63) is 0 Å². The van der Waals surface area contributed by atoms with E-state index >= 15 is 0 Å². The predicted molar refractivity (Wildman–Crippen MR) is 86.7 cm³/mol.